The molecule has 0 N–H and O–H groups in total. The molecule has 8 heteroatoms. The number of hydrogen-bond donors (Lipinski definition) is 0. The largest absolute Gasteiger partial charge is 0.497 e. The van der Waals surface area contributed by atoms with E-state index < -0.39 is 17.3 Å². The van der Waals surface area contributed by atoms with Crippen molar-refractivity contribution in [2.24, 2.45) is 0 Å². The molecule has 1 aromatic heterocycles. The van der Waals surface area contributed by atoms with Crippen molar-refractivity contribution in [3.8, 4) is 17.2 Å². The fourth-order valence-electron chi connectivity index (χ4n) is 3.03. The molecule has 0 atom stereocenters. The Kier molecular flexibility index (Phi) is 6.69. The van der Waals surface area contributed by atoms with Crippen LogP contribution in [0.15, 0.2) is 47.3 Å². The van der Waals surface area contributed by atoms with Crippen LogP contribution >= 0.6 is 0 Å². The first-order chi connectivity index (χ1) is 14.8. The van der Waals surface area contributed by atoms with Gasteiger partial charge in [0.15, 0.2) is 17.3 Å². The topological polar surface area (TPSA) is 79.7 Å². The Labute approximate surface area is 179 Å². The number of carbonyl (C=O) groups excluding carboxylic acids is 1. The van der Waals surface area contributed by atoms with Gasteiger partial charge >= 0.3 is 11.5 Å². The fraction of sp³-hybridized carbons (Fsp3) is 0.261. The Morgan fingerprint density at radius 1 is 1.13 bits per heavy atom. The predicted octanol–water partition coefficient (Wildman–Crippen LogP) is 4.03. The van der Waals surface area contributed by atoms with Crippen LogP contribution in [0.3, 0.4) is 0 Å². The molecule has 7 nitrogen and oxygen atoms in total. The van der Waals surface area contributed by atoms with Crippen LogP contribution in [0.2, 0.25) is 0 Å². The van der Waals surface area contributed by atoms with E-state index >= 15 is 0 Å². The summed E-state index contributed by atoms with van der Waals surface area (Å²) in [6.45, 7) is 5.36. The maximum absolute atomic E-state index is 14.7. The fourth-order valence-corrected chi connectivity index (χ4v) is 3.03. The molecule has 162 valence electrons. The number of aryl methyl sites for hydroxylation is 2. The van der Waals surface area contributed by atoms with Crippen molar-refractivity contribution in [3.05, 3.63) is 81.0 Å². The molecule has 0 fully saturated rings. The molecular weight excluding hydrogens is 403 g/mol. The quantitative estimate of drug-likeness (QED) is 0.531. The highest BCUT2D eigenvalue weighted by Crippen LogP contribution is 2.28. The molecule has 0 aliphatic carbocycles. The van der Waals surface area contributed by atoms with E-state index in [0.717, 1.165) is 11.6 Å². The summed E-state index contributed by atoms with van der Waals surface area (Å²) in [5, 5.41) is 4.25. The molecule has 0 saturated carbocycles. The van der Waals surface area contributed by atoms with Gasteiger partial charge in [-0.3, -0.25) is 4.79 Å². The third-order valence-electron chi connectivity index (χ3n) is 4.51. The first kappa shape index (κ1) is 22.0. The van der Waals surface area contributed by atoms with Gasteiger partial charge in [0.05, 0.1) is 31.5 Å². The van der Waals surface area contributed by atoms with Gasteiger partial charge in [0.2, 0.25) is 0 Å². The second kappa shape index (κ2) is 9.42. The van der Waals surface area contributed by atoms with Crippen molar-refractivity contribution in [3.63, 3.8) is 0 Å². The van der Waals surface area contributed by atoms with E-state index in [1.54, 1.807) is 40.0 Å². The van der Waals surface area contributed by atoms with E-state index in [1.165, 1.54) is 16.8 Å². The average Bonchev–Trinajstić information content (AvgIpc) is 2.74. The van der Waals surface area contributed by atoms with Crippen LogP contribution in [-0.4, -0.2) is 29.5 Å². The van der Waals surface area contributed by atoms with E-state index in [-0.39, 0.29) is 30.2 Å². The molecule has 0 aliphatic rings. The minimum Gasteiger partial charge on any atom is -0.497 e. The number of nitrogens with zero attached hydrogens (tertiary/aromatic N) is 2. The third kappa shape index (κ3) is 5.09. The van der Waals surface area contributed by atoms with Gasteiger partial charge in [-0.15, -0.1) is 0 Å². The Morgan fingerprint density at radius 3 is 2.45 bits per heavy atom. The summed E-state index contributed by atoms with van der Waals surface area (Å²) >= 11 is 0. The van der Waals surface area contributed by atoms with Crippen LogP contribution in [0.25, 0.3) is 0 Å². The average molecular weight is 426 g/mol. The lowest BCUT2D eigenvalue weighted by molar-refractivity contribution is 0.0525. The number of esters is 1. The number of aromatic nitrogens is 2. The van der Waals surface area contributed by atoms with E-state index in [4.69, 9.17) is 14.2 Å². The van der Waals surface area contributed by atoms with Crippen molar-refractivity contribution >= 4 is 5.97 Å². The van der Waals surface area contributed by atoms with Crippen molar-refractivity contribution < 1.29 is 23.4 Å². The van der Waals surface area contributed by atoms with Gasteiger partial charge in [0.25, 0.3) is 0 Å². The number of benzene rings is 2. The minimum absolute atomic E-state index is 0.0631. The maximum Gasteiger partial charge on any atom is 0.338 e. The molecule has 0 unspecified atom stereocenters. The third-order valence-corrected chi connectivity index (χ3v) is 4.51. The second-order valence-corrected chi connectivity index (χ2v) is 6.89. The predicted molar refractivity (Wildman–Crippen MR) is 112 cm³/mol. The first-order valence-electron chi connectivity index (χ1n) is 9.69. The highest BCUT2D eigenvalue weighted by Gasteiger charge is 2.18. The molecule has 0 saturated heterocycles. The standard InChI is InChI=1S/C23H23FN2O5/c1-5-30-23(28)17-10-14(2)21(19(24)12-17)31-20-11-15(3)25-26(22(20)27)13-16-6-8-18(29-4)9-7-16/h6-12H,5,13H2,1-4H3. The number of halogens is 1. The van der Waals surface area contributed by atoms with E-state index in [9.17, 15) is 14.0 Å². The zero-order valence-electron chi connectivity index (χ0n) is 17.8. The molecule has 0 spiro atoms. The van der Waals surface area contributed by atoms with E-state index in [0.29, 0.717) is 17.0 Å². The summed E-state index contributed by atoms with van der Waals surface area (Å²) < 4.78 is 31.6. The Bertz CT molecular complexity index is 1130. The van der Waals surface area contributed by atoms with Gasteiger partial charge in [-0.25, -0.2) is 13.9 Å². The lowest BCUT2D eigenvalue weighted by atomic mass is 10.1. The lowest BCUT2D eigenvalue weighted by Crippen LogP contribution is -2.25. The molecule has 0 amide bonds. The SMILES string of the molecule is CCOC(=O)c1cc(C)c(Oc2cc(C)nn(Cc3ccc(OC)cc3)c2=O)c(F)c1. The molecule has 0 bridgehead atoms. The molecule has 1 heterocycles. The van der Waals surface area contributed by atoms with Crippen molar-refractivity contribution in [1.29, 1.82) is 0 Å². The summed E-state index contributed by atoms with van der Waals surface area (Å²) in [5.41, 5.74) is 1.30. The smallest absolute Gasteiger partial charge is 0.338 e. The Balaban J connectivity index is 1.91. The molecule has 31 heavy (non-hydrogen) atoms. The van der Waals surface area contributed by atoms with Gasteiger partial charge in [0.1, 0.15) is 5.75 Å². The van der Waals surface area contributed by atoms with Crippen molar-refractivity contribution in [2.75, 3.05) is 13.7 Å². The van der Waals surface area contributed by atoms with Crippen LogP contribution in [0.5, 0.6) is 17.2 Å². The lowest BCUT2D eigenvalue weighted by Gasteiger charge is -2.13. The molecule has 2 aromatic carbocycles. The van der Waals surface area contributed by atoms with Crippen LogP contribution < -0.4 is 15.0 Å². The number of carbonyl (C=O) groups is 1. The Hall–Kier alpha value is -3.68. The number of rotatable bonds is 7. The summed E-state index contributed by atoms with van der Waals surface area (Å²) in [5.74, 6) is -0.885. The highest BCUT2D eigenvalue weighted by atomic mass is 19.1. The van der Waals surface area contributed by atoms with Gasteiger partial charge < -0.3 is 14.2 Å². The summed E-state index contributed by atoms with van der Waals surface area (Å²) in [6, 6.07) is 11.2. The Morgan fingerprint density at radius 2 is 1.84 bits per heavy atom. The normalized spacial score (nSPS) is 10.6. The van der Waals surface area contributed by atoms with E-state index in [2.05, 4.69) is 5.10 Å². The molecule has 3 rings (SSSR count). The van der Waals surface area contributed by atoms with Gasteiger partial charge in [-0.05, 0) is 56.2 Å². The molecule has 3 aromatic rings. The zero-order chi connectivity index (χ0) is 22.5. The summed E-state index contributed by atoms with van der Waals surface area (Å²) in [4.78, 5) is 24.8. The van der Waals surface area contributed by atoms with E-state index in [1.807, 2.05) is 12.1 Å². The van der Waals surface area contributed by atoms with Gasteiger partial charge in [-0.2, -0.15) is 5.10 Å². The molecule has 0 aliphatic heterocycles. The van der Waals surface area contributed by atoms with Gasteiger partial charge in [0, 0.05) is 6.07 Å². The first-order valence-corrected chi connectivity index (χ1v) is 9.69. The number of hydrogen-bond acceptors (Lipinski definition) is 6. The minimum atomic E-state index is -0.765. The highest BCUT2D eigenvalue weighted by molar-refractivity contribution is 5.90. The van der Waals surface area contributed by atoms with Crippen LogP contribution in [-0.2, 0) is 11.3 Å². The molecule has 0 radical (unpaired) electrons. The monoisotopic (exact) mass is 426 g/mol. The number of methoxy groups -OCH3 is 1. The summed E-state index contributed by atoms with van der Waals surface area (Å²) in [7, 11) is 1.58. The summed E-state index contributed by atoms with van der Waals surface area (Å²) in [6.07, 6.45) is 0. The molecular formula is C23H23FN2O5. The number of ether oxygens (including phenoxy) is 3. The maximum atomic E-state index is 14.7. The zero-order valence-corrected chi connectivity index (χ0v) is 17.8. The van der Waals surface area contributed by atoms with Gasteiger partial charge in [-0.1, -0.05) is 12.1 Å². The van der Waals surface area contributed by atoms with Crippen molar-refractivity contribution in [2.45, 2.75) is 27.3 Å². The van der Waals surface area contributed by atoms with Crippen molar-refractivity contribution in [1.82, 2.24) is 9.78 Å². The second-order valence-electron chi connectivity index (χ2n) is 6.89. The van der Waals surface area contributed by atoms with Crippen LogP contribution in [0, 0.1) is 19.7 Å². The van der Waals surface area contributed by atoms with Crippen LogP contribution in [0.4, 0.5) is 4.39 Å². The van der Waals surface area contributed by atoms with Crippen LogP contribution in [0.1, 0.15) is 34.1 Å².